The van der Waals surface area contributed by atoms with E-state index in [9.17, 15) is 8.78 Å². The van der Waals surface area contributed by atoms with Gasteiger partial charge in [0.2, 0.25) is 0 Å². The van der Waals surface area contributed by atoms with E-state index in [0.717, 1.165) is 5.56 Å². The van der Waals surface area contributed by atoms with Crippen molar-refractivity contribution in [3.8, 4) is 0 Å². The zero-order valence-electron chi connectivity index (χ0n) is 12.0. The Bertz CT molecular complexity index is 567. The highest BCUT2D eigenvalue weighted by molar-refractivity contribution is 5.70. The third-order valence-corrected chi connectivity index (χ3v) is 3.59. The fourth-order valence-electron chi connectivity index (χ4n) is 2.06. The molecular weight excluding hydrogens is 256 g/mol. The number of allylic oxidation sites excluding steroid dienone is 4. The largest absolute Gasteiger partial charge is 0.286 e. The monoisotopic (exact) mass is 275 g/mol. The van der Waals surface area contributed by atoms with Gasteiger partial charge >= 0.3 is 0 Å². The van der Waals surface area contributed by atoms with Crippen molar-refractivity contribution in [2.75, 3.05) is 0 Å². The smallest absolute Gasteiger partial charge is 0.123 e. The molecule has 1 aliphatic rings. The molecule has 0 fully saturated rings. The number of benzene rings is 1. The minimum Gasteiger partial charge on any atom is -0.286 e. The van der Waals surface area contributed by atoms with E-state index in [-0.39, 0.29) is 17.1 Å². The predicted octanol–water partition coefficient (Wildman–Crippen LogP) is 4.95. The molecule has 0 spiro atoms. The Kier molecular flexibility index (Phi) is 3.89. The standard InChI is InChI=1S/C17H19F2N/c1-16(2,13-4-6-14(18)7-5-13)20-12-17(3)10-8-15(19)9-11-17/h4-10,12H,11H2,1-3H3. The average Bonchev–Trinajstić information content (AvgIpc) is 2.41. The first-order valence-corrected chi connectivity index (χ1v) is 6.68. The highest BCUT2D eigenvalue weighted by Crippen LogP contribution is 2.31. The number of hydrogen-bond acceptors (Lipinski definition) is 1. The van der Waals surface area contributed by atoms with Crippen LogP contribution in [0.25, 0.3) is 0 Å². The summed E-state index contributed by atoms with van der Waals surface area (Å²) in [4.78, 5) is 4.63. The average molecular weight is 275 g/mol. The zero-order valence-corrected chi connectivity index (χ0v) is 12.0. The third-order valence-electron chi connectivity index (χ3n) is 3.59. The van der Waals surface area contributed by atoms with Gasteiger partial charge in [0, 0.05) is 11.6 Å². The minimum absolute atomic E-state index is 0.200. The minimum atomic E-state index is -0.440. The maximum Gasteiger partial charge on any atom is 0.123 e. The summed E-state index contributed by atoms with van der Waals surface area (Å²) < 4.78 is 26.0. The first-order valence-electron chi connectivity index (χ1n) is 6.68. The van der Waals surface area contributed by atoms with Gasteiger partial charge in [-0.15, -0.1) is 0 Å². The van der Waals surface area contributed by atoms with Crippen LogP contribution in [0.1, 0.15) is 32.8 Å². The van der Waals surface area contributed by atoms with E-state index in [2.05, 4.69) is 4.99 Å². The molecule has 0 aliphatic heterocycles. The molecule has 3 heteroatoms. The zero-order chi connectivity index (χ0) is 14.8. The highest BCUT2D eigenvalue weighted by Gasteiger charge is 2.24. The summed E-state index contributed by atoms with van der Waals surface area (Å²) in [6.45, 7) is 5.96. The predicted molar refractivity (Wildman–Crippen MR) is 79.0 cm³/mol. The maximum absolute atomic E-state index is 13.0. The molecule has 2 rings (SSSR count). The SMILES string of the molecule is CC1(C=NC(C)(C)c2ccc(F)cc2)C=CC(F)=CC1. The topological polar surface area (TPSA) is 12.4 Å². The van der Waals surface area contributed by atoms with Crippen LogP contribution in [0.4, 0.5) is 8.78 Å². The Hall–Kier alpha value is -1.77. The Morgan fingerprint density at radius 2 is 1.85 bits per heavy atom. The molecule has 1 unspecified atom stereocenters. The molecule has 1 nitrogen and oxygen atoms in total. The Balaban J connectivity index is 2.17. The van der Waals surface area contributed by atoms with E-state index in [1.54, 1.807) is 18.2 Å². The van der Waals surface area contributed by atoms with Gasteiger partial charge in [-0.25, -0.2) is 8.78 Å². The van der Waals surface area contributed by atoms with Crippen molar-refractivity contribution in [1.82, 2.24) is 0 Å². The second kappa shape index (κ2) is 5.31. The van der Waals surface area contributed by atoms with Gasteiger partial charge in [0.05, 0.1) is 5.54 Å². The fourth-order valence-corrected chi connectivity index (χ4v) is 2.06. The Labute approximate surface area is 118 Å². The van der Waals surface area contributed by atoms with Crippen molar-refractivity contribution in [2.45, 2.75) is 32.7 Å². The van der Waals surface area contributed by atoms with Gasteiger partial charge in [-0.05, 0) is 50.1 Å². The molecule has 0 amide bonds. The lowest BCUT2D eigenvalue weighted by atomic mass is 9.84. The molecule has 1 aliphatic carbocycles. The first kappa shape index (κ1) is 14.6. The lowest BCUT2D eigenvalue weighted by Gasteiger charge is -2.26. The van der Waals surface area contributed by atoms with Gasteiger partial charge in [-0.2, -0.15) is 0 Å². The maximum atomic E-state index is 13.0. The summed E-state index contributed by atoms with van der Waals surface area (Å²) in [5.41, 5.74) is 0.234. The van der Waals surface area contributed by atoms with Gasteiger partial charge in [-0.3, -0.25) is 4.99 Å². The molecule has 1 aromatic rings. The van der Waals surface area contributed by atoms with E-state index in [0.29, 0.717) is 6.42 Å². The van der Waals surface area contributed by atoms with E-state index in [1.165, 1.54) is 18.2 Å². The van der Waals surface area contributed by atoms with Crippen LogP contribution in [0.2, 0.25) is 0 Å². The highest BCUT2D eigenvalue weighted by atomic mass is 19.1. The fraction of sp³-hybridized carbons (Fsp3) is 0.353. The van der Waals surface area contributed by atoms with Gasteiger partial charge in [0.1, 0.15) is 11.6 Å². The van der Waals surface area contributed by atoms with Crippen molar-refractivity contribution < 1.29 is 8.78 Å². The van der Waals surface area contributed by atoms with Crippen LogP contribution in [-0.2, 0) is 5.54 Å². The van der Waals surface area contributed by atoms with Crippen molar-refractivity contribution in [2.24, 2.45) is 10.4 Å². The third kappa shape index (κ3) is 3.41. The van der Waals surface area contributed by atoms with E-state index < -0.39 is 5.54 Å². The first-order chi connectivity index (χ1) is 9.31. The summed E-state index contributed by atoms with van der Waals surface area (Å²) in [7, 11) is 0. The van der Waals surface area contributed by atoms with Gasteiger partial charge in [0.25, 0.3) is 0 Å². The molecule has 20 heavy (non-hydrogen) atoms. The molecule has 0 N–H and O–H groups in total. The number of hydrogen-bond donors (Lipinski definition) is 0. The lowest BCUT2D eigenvalue weighted by molar-refractivity contribution is 0.529. The van der Waals surface area contributed by atoms with Crippen LogP contribution in [0.3, 0.4) is 0 Å². The van der Waals surface area contributed by atoms with Crippen LogP contribution in [-0.4, -0.2) is 6.21 Å². The number of aliphatic imine (C=N–C) groups is 1. The van der Waals surface area contributed by atoms with Crippen LogP contribution in [0.15, 0.2) is 53.3 Å². The number of rotatable bonds is 3. The van der Waals surface area contributed by atoms with Crippen LogP contribution in [0.5, 0.6) is 0 Å². The molecule has 0 heterocycles. The summed E-state index contributed by atoms with van der Waals surface area (Å²) in [6, 6.07) is 6.36. The Morgan fingerprint density at radius 3 is 2.40 bits per heavy atom. The van der Waals surface area contributed by atoms with Crippen molar-refractivity contribution in [1.29, 1.82) is 0 Å². The van der Waals surface area contributed by atoms with Crippen LogP contribution < -0.4 is 0 Å². The molecule has 0 saturated heterocycles. The molecular formula is C17H19F2N. The summed E-state index contributed by atoms with van der Waals surface area (Å²) >= 11 is 0. The van der Waals surface area contributed by atoms with Crippen LogP contribution >= 0.6 is 0 Å². The summed E-state index contributed by atoms with van der Waals surface area (Å²) in [6.07, 6.45) is 7.32. The van der Waals surface area contributed by atoms with E-state index in [4.69, 9.17) is 0 Å². The molecule has 0 bridgehead atoms. The molecule has 0 aromatic heterocycles. The second-order valence-corrected chi connectivity index (χ2v) is 5.96. The molecule has 1 atom stereocenters. The van der Waals surface area contributed by atoms with Gasteiger partial charge in [-0.1, -0.05) is 25.1 Å². The summed E-state index contributed by atoms with van der Waals surface area (Å²) in [5.74, 6) is -0.454. The summed E-state index contributed by atoms with van der Waals surface area (Å²) in [5, 5.41) is 0. The lowest BCUT2D eigenvalue weighted by Crippen LogP contribution is -2.21. The molecule has 0 saturated carbocycles. The van der Waals surface area contributed by atoms with Crippen molar-refractivity contribution in [3.05, 3.63) is 59.7 Å². The number of halogens is 2. The van der Waals surface area contributed by atoms with Crippen molar-refractivity contribution in [3.63, 3.8) is 0 Å². The molecule has 106 valence electrons. The quantitative estimate of drug-likeness (QED) is 0.692. The number of nitrogens with zero attached hydrogens (tertiary/aromatic N) is 1. The normalized spacial score (nSPS) is 23.1. The molecule has 0 radical (unpaired) electrons. The van der Waals surface area contributed by atoms with E-state index >= 15 is 0 Å². The van der Waals surface area contributed by atoms with Gasteiger partial charge in [0.15, 0.2) is 0 Å². The molecule has 1 aromatic carbocycles. The second-order valence-electron chi connectivity index (χ2n) is 5.96. The van der Waals surface area contributed by atoms with Gasteiger partial charge < -0.3 is 0 Å². The van der Waals surface area contributed by atoms with Crippen LogP contribution in [0, 0.1) is 11.2 Å². The van der Waals surface area contributed by atoms with E-state index in [1.807, 2.05) is 33.1 Å². The Morgan fingerprint density at radius 1 is 1.20 bits per heavy atom. The van der Waals surface area contributed by atoms with Crippen molar-refractivity contribution >= 4 is 6.21 Å².